The second-order valence-corrected chi connectivity index (χ2v) is 9.73. The molecule has 0 bridgehead atoms. The average Bonchev–Trinajstić information content (AvgIpc) is 3.49. The van der Waals surface area contributed by atoms with E-state index in [0.29, 0.717) is 13.1 Å². The number of likely N-dealkylation sites (tertiary alicyclic amines) is 2. The normalized spacial score (nSPS) is 20.8. The number of amides is 1. The predicted octanol–water partition coefficient (Wildman–Crippen LogP) is 2.77. The molecule has 1 unspecified atom stereocenters. The van der Waals surface area contributed by atoms with Crippen LogP contribution in [0.3, 0.4) is 0 Å². The molecule has 2 aromatic carbocycles. The van der Waals surface area contributed by atoms with Crippen LogP contribution in [0, 0.1) is 0 Å². The summed E-state index contributed by atoms with van der Waals surface area (Å²) in [4.78, 5) is 18.5. The van der Waals surface area contributed by atoms with Gasteiger partial charge in [-0.15, -0.1) is 0 Å². The van der Waals surface area contributed by atoms with E-state index in [1.807, 2.05) is 41.3 Å². The highest BCUT2D eigenvalue weighted by atomic mass is 16.5. The highest BCUT2D eigenvalue weighted by Gasteiger charge is 2.36. The Kier molecular flexibility index (Phi) is 8.08. The van der Waals surface area contributed by atoms with E-state index in [1.165, 1.54) is 11.1 Å². The van der Waals surface area contributed by atoms with Crippen LogP contribution in [-0.4, -0.2) is 84.8 Å². The van der Waals surface area contributed by atoms with Gasteiger partial charge in [-0.05, 0) is 61.7 Å². The van der Waals surface area contributed by atoms with Gasteiger partial charge >= 0.3 is 0 Å². The van der Waals surface area contributed by atoms with E-state index in [9.17, 15) is 9.90 Å². The maximum atomic E-state index is 12.1. The highest BCUT2D eigenvalue weighted by molar-refractivity contribution is 5.78. The van der Waals surface area contributed by atoms with Crippen molar-refractivity contribution in [1.82, 2.24) is 14.7 Å². The first-order chi connectivity index (χ1) is 16.4. The number of rotatable bonds is 10. The van der Waals surface area contributed by atoms with Crippen LogP contribution in [0.15, 0.2) is 48.5 Å². The first-order valence-electron chi connectivity index (χ1n) is 12.2. The SMILES string of the molecule is COc1ccc(CN(C)CC2(O)CCN(Cc3ccc(OCC(=O)N4CCCC4)cc3)C2)cc1. The van der Waals surface area contributed by atoms with Gasteiger partial charge in [0.05, 0.1) is 12.7 Å². The van der Waals surface area contributed by atoms with Crippen LogP contribution in [0.4, 0.5) is 0 Å². The lowest BCUT2D eigenvalue weighted by molar-refractivity contribution is -0.132. The third kappa shape index (κ3) is 6.72. The molecule has 0 radical (unpaired) electrons. The van der Waals surface area contributed by atoms with Crippen LogP contribution in [0.2, 0.25) is 0 Å². The van der Waals surface area contributed by atoms with E-state index in [2.05, 4.69) is 29.0 Å². The Morgan fingerprint density at radius 2 is 1.65 bits per heavy atom. The number of β-amino-alcohol motifs (C(OH)–C–C–N with tert-alkyl or cyclic N) is 1. The summed E-state index contributed by atoms with van der Waals surface area (Å²) in [7, 11) is 3.72. The van der Waals surface area contributed by atoms with Crippen LogP contribution in [0.25, 0.3) is 0 Å². The molecule has 1 amide bonds. The molecule has 2 saturated heterocycles. The lowest BCUT2D eigenvalue weighted by atomic mass is 10.0. The topological polar surface area (TPSA) is 65.5 Å². The van der Waals surface area contributed by atoms with E-state index in [4.69, 9.17) is 9.47 Å². The first kappa shape index (κ1) is 24.5. The predicted molar refractivity (Wildman–Crippen MR) is 132 cm³/mol. The second-order valence-electron chi connectivity index (χ2n) is 9.73. The van der Waals surface area contributed by atoms with Crippen LogP contribution in [0.5, 0.6) is 11.5 Å². The number of nitrogens with zero attached hydrogens (tertiary/aromatic N) is 3. The van der Waals surface area contributed by atoms with Crippen molar-refractivity contribution in [3.8, 4) is 11.5 Å². The summed E-state index contributed by atoms with van der Waals surface area (Å²) in [5.74, 6) is 1.64. The average molecular weight is 468 g/mol. The van der Waals surface area contributed by atoms with Gasteiger partial charge in [0.2, 0.25) is 0 Å². The number of benzene rings is 2. The van der Waals surface area contributed by atoms with Gasteiger partial charge in [0.15, 0.2) is 6.61 Å². The van der Waals surface area contributed by atoms with Gasteiger partial charge in [-0.25, -0.2) is 0 Å². The summed E-state index contributed by atoms with van der Waals surface area (Å²) in [6.07, 6.45) is 2.94. The number of ether oxygens (including phenoxy) is 2. The molecule has 2 aliphatic heterocycles. The highest BCUT2D eigenvalue weighted by Crippen LogP contribution is 2.25. The number of aliphatic hydroxyl groups is 1. The van der Waals surface area contributed by atoms with E-state index >= 15 is 0 Å². The smallest absolute Gasteiger partial charge is 0.260 e. The Morgan fingerprint density at radius 3 is 2.32 bits per heavy atom. The zero-order chi connectivity index (χ0) is 24.0. The molecule has 2 fully saturated rings. The molecule has 2 aliphatic rings. The van der Waals surface area contributed by atoms with Gasteiger partial charge in [0, 0.05) is 45.8 Å². The molecule has 0 aliphatic carbocycles. The summed E-state index contributed by atoms with van der Waals surface area (Å²) in [5.41, 5.74) is 1.67. The molecule has 0 spiro atoms. The molecule has 34 heavy (non-hydrogen) atoms. The monoisotopic (exact) mass is 467 g/mol. The van der Waals surface area contributed by atoms with Crippen molar-refractivity contribution in [3.63, 3.8) is 0 Å². The van der Waals surface area contributed by atoms with Gasteiger partial charge in [-0.3, -0.25) is 14.6 Å². The largest absolute Gasteiger partial charge is 0.497 e. The fourth-order valence-corrected chi connectivity index (χ4v) is 4.96. The third-order valence-corrected chi connectivity index (χ3v) is 6.74. The number of hydrogen-bond donors (Lipinski definition) is 1. The Morgan fingerprint density at radius 1 is 1.00 bits per heavy atom. The third-order valence-electron chi connectivity index (χ3n) is 6.74. The van der Waals surface area contributed by atoms with Crippen LogP contribution >= 0.6 is 0 Å². The summed E-state index contributed by atoms with van der Waals surface area (Å²) >= 11 is 0. The molecule has 1 atom stereocenters. The molecule has 184 valence electrons. The van der Waals surface area contributed by atoms with Crippen LogP contribution in [0.1, 0.15) is 30.4 Å². The number of hydrogen-bond acceptors (Lipinski definition) is 6. The molecular formula is C27H37N3O4. The summed E-state index contributed by atoms with van der Waals surface area (Å²) < 4.78 is 10.9. The van der Waals surface area contributed by atoms with Crippen molar-refractivity contribution < 1.29 is 19.4 Å². The van der Waals surface area contributed by atoms with E-state index in [-0.39, 0.29) is 12.5 Å². The zero-order valence-corrected chi connectivity index (χ0v) is 20.4. The second kappa shape index (κ2) is 11.2. The molecular weight excluding hydrogens is 430 g/mol. The number of carbonyl (C=O) groups excluding carboxylic acids is 1. The van der Waals surface area contributed by atoms with Crippen LogP contribution in [-0.2, 0) is 17.9 Å². The van der Waals surface area contributed by atoms with E-state index in [1.54, 1.807) is 7.11 Å². The minimum absolute atomic E-state index is 0.0647. The molecule has 2 aromatic rings. The van der Waals surface area contributed by atoms with Gasteiger partial charge in [0.25, 0.3) is 5.91 Å². The summed E-state index contributed by atoms with van der Waals surface area (Å²) in [5, 5.41) is 11.2. The number of carbonyl (C=O) groups is 1. The van der Waals surface area contributed by atoms with E-state index < -0.39 is 5.60 Å². The Labute approximate surface area is 202 Å². The molecule has 7 nitrogen and oxygen atoms in total. The Bertz CT molecular complexity index is 928. The quantitative estimate of drug-likeness (QED) is 0.580. The first-order valence-corrected chi connectivity index (χ1v) is 12.2. The minimum Gasteiger partial charge on any atom is -0.497 e. The molecule has 2 heterocycles. The summed E-state index contributed by atoms with van der Waals surface area (Å²) in [6.45, 7) is 5.53. The fourth-order valence-electron chi connectivity index (χ4n) is 4.96. The fraction of sp³-hybridized carbons (Fsp3) is 0.519. The van der Waals surface area contributed by atoms with Crippen molar-refractivity contribution in [2.24, 2.45) is 0 Å². The molecule has 0 aromatic heterocycles. The van der Waals surface area contributed by atoms with Gasteiger partial charge < -0.3 is 19.5 Å². The maximum absolute atomic E-state index is 12.1. The van der Waals surface area contributed by atoms with Gasteiger partial charge in [-0.1, -0.05) is 24.3 Å². The van der Waals surface area contributed by atoms with Crippen molar-refractivity contribution in [3.05, 3.63) is 59.7 Å². The maximum Gasteiger partial charge on any atom is 0.260 e. The van der Waals surface area contributed by atoms with Crippen molar-refractivity contribution in [2.75, 3.05) is 53.5 Å². The molecule has 1 N–H and O–H groups in total. The number of methoxy groups -OCH3 is 1. The summed E-state index contributed by atoms with van der Waals surface area (Å²) in [6, 6.07) is 16.0. The number of likely N-dealkylation sites (N-methyl/N-ethyl adjacent to an activating group) is 1. The standard InChI is InChI=1S/C27H37N3O4/c1-28(17-22-5-9-24(33-2)10-6-22)20-27(32)13-16-29(21-27)18-23-7-11-25(12-8-23)34-19-26(31)30-14-3-4-15-30/h5-12,32H,3-4,13-21H2,1-2H3. The van der Waals surface area contributed by atoms with Crippen molar-refractivity contribution in [1.29, 1.82) is 0 Å². The van der Waals surface area contributed by atoms with Gasteiger partial charge in [0.1, 0.15) is 11.5 Å². The van der Waals surface area contributed by atoms with Gasteiger partial charge in [-0.2, -0.15) is 0 Å². The molecule has 0 saturated carbocycles. The zero-order valence-electron chi connectivity index (χ0n) is 20.4. The molecule has 7 heteroatoms. The van der Waals surface area contributed by atoms with Crippen molar-refractivity contribution >= 4 is 5.91 Å². The molecule has 4 rings (SSSR count). The Balaban J connectivity index is 1.21. The Hall–Kier alpha value is -2.61. The van der Waals surface area contributed by atoms with Crippen molar-refractivity contribution in [2.45, 2.75) is 38.0 Å². The minimum atomic E-state index is -0.708. The lowest BCUT2D eigenvalue weighted by Gasteiger charge is -2.29. The lowest BCUT2D eigenvalue weighted by Crippen LogP contribution is -2.43. The van der Waals surface area contributed by atoms with Crippen LogP contribution < -0.4 is 9.47 Å². The van der Waals surface area contributed by atoms with E-state index in [0.717, 1.165) is 63.5 Å².